The SMILES string of the molecule is Cc1cc(N2CCCC2)ccc1NC(=O)CC1(O)CCCCC1. The molecule has 1 amide bonds. The van der Waals surface area contributed by atoms with Crippen molar-refractivity contribution >= 4 is 17.3 Å². The van der Waals surface area contributed by atoms with Crippen LogP contribution in [0, 0.1) is 6.92 Å². The van der Waals surface area contributed by atoms with Crippen LogP contribution < -0.4 is 10.2 Å². The largest absolute Gasteiger partial charge is 0.389 e. The molecule has 0 aromatic heterocycles. The van der Waals surface area contributed by atoms with Crippen molar-refractivity contribution in [3.05, 3.63) is 23.8 Å². The monoisotopic (exact) mass is 316 g/mol. The fourth-order valence-electron chi connectivity index (χ4n) is 3.84. The Bertz CT molecular complexity index is 558. The van der Waals surface area contributed by atoms with Crippen molar-refractivity contribution in [3.63, 3.8) is 0 Å². The molecular weight excluding hydrogens is 288 g/mol. The number of hydrogen-bond acceptors (Lipinski definition) is 3. The van der Waals surface area contributed by atoms with E-state index < -0.39 is 5.60 Å². The van der Waals surface area contributed by atoms with Crippen molar-refractivity contribution in [2.45, 2.75) is 63.9 Å². The highest BCUT2D eigenvalue weighted by Crippen LogP contribution is 2.31. The van der Waals surface area contributed by atoms with E-state index in [1.54, 1.807) is 0 Å². The van der Waals surface area contributed by atoms with Gasteiger partial charge in [-0.2, -0.15) is 0 Å². The van der Waals surface area contributed by atoms with Crippen LogP contribution in [0.25, 0.3) is 0 Å². The van der Waals surface area contributed by atoms with Crippen molar-refractivity contribution in [1.82, 2.24) is 0 Å². The van der Waals surface area contributed by atoms with Crippen LogP contribution in [0.3, 0.4) is 0 Å². The van der Waals surface area contributed by atoms with Gasteiger partial charge in [0.05, 0.1) is 12.0 Å². The number of rotatable bonds is 4. The highest BCUT2D eigenvalue weighted by Gasteiger charge is 2.31. The number of anilines is 2. The molecule has 0 spiro atoms. The molecule has 0 unspecified atom stereocenters. The van der Waals surface area contributed by atoms with Gasteiger partial charge >= 0.3 is 0 Å². The number of carbonyl (C=O) groups is 1. The summed E-state index contributed by atoms with van der Waals surface area (Å²) in [7, 11) is 0. The minimum absolute atomic E-state index is 0.0774. The molecule has 0 atom stereocenters. The Hall–Kier alpha value is -1.55. The summed E-state index contributed by atoms with van der Waals surface area (Å²) in [6.45, 7) is 4.28. The maximum atomic E-state index is 12.3. The van der Waals surface area contributed by atoms with Gasteiger partial charge in [-0.1, -0.05) is 19.3 Å². The number of carbonyl (C=O) groups excluding carboxylic acids is 1. The highest BCUT2D eigenvalue weighted by molar-refractivity contribution is 5.92. The molecule has 4 heteroatoms. The Balaban J connectivity index is 1.61. The number of nitrogens with one attached hydrogen (secondary N) is 1. The maximum absolute atomic E-state index is 12.3. The molecule has 2 aliphatic rings. The van der Waals surface area contributed by atoms with Crippen LogP contribution in [0.1, 0.15) is 56.9 Å². The predicted octanol–water partition coefficient (Wildman–Crippen LogP) is 3.62. The minimum Gasteiger partial charge on any atom is -0.389 e. The van der Waals surface area contributed by atoms with Crippen LogP contribution >= 0.6 is 0 Å². The molecule has 1 aliphatic carbocycles. The zero-order valence-electron chi connectivity index (χ0n) is 14.1. The van der Waals surface area contributed by atoms with Crippen molar-refractivity contribution in [2.24, 2.45) is 0 Å². The highest BCUT2D eigenvalue weighted by atomic mass is 16.3. The third kappa shape index (κ3) is 4.05. The second kappa shape index (κ2) is 6.91. The van der Waals surface area contributed by atoms with Gasteiger partial charge in [0.2, 0.25) is 5.91 Å². The molecule has 0 radical (unpaired) electrons. The second-order valence-corrected chi connectivity index (χ2v) is 7.20. The molecule has 1 aromatic rings. The van der Waals surface area contributed by atoms with Gasteiger partial charge in [0.1, 0.15) is 0 Å². The van der Waals surface area contributed by atoms with Crippen molar-refractivity contribution in [1.29, 1.82) is 0 Å². The third-order valence-corrected chi connectivity index (χ3v) is 5.23. The van der Waals surface area contributed by atoms with Gasteiger partial charge in [-0.3, -0.25) is 4.79 Å². The summed E-state index contributed by atoms with van der Waals surface area (Å²) in [5.74, 6) is -0.0774. The van der Waals surface area contributed by atoms with Gasteiger partial charge in [0.15, 0.2) is 0 Å². The normalized spacial score (nSPS) is 20.5. The Morgan fingerprint density at radius 1 is 1.17 bits per heavy atom. The number of aliphatic hydroxyl groups is 1. The Morgan fingerprint density at radius 3 is 2.52 bits per heavy atom. The van der Waals surface area contributed by atoms with E-state index in [0.29, 0.717) is 0 Å². The van der Waals surface area contributed by atoms with Crippen LogP contribution in [0.5, 0.6) is 0 Å². The van der Waals surface area contributed by atoms with E-state index in [0.717, 1.165) is 50.0 Å². The zero-order chi connectivity index (χ0) is 16.3. The summed E-state index contributed by atoms with van der Waals surface area (Å²) >= 11 is 0. The van der Waals surface area contributed by atoms with Crippen LogP contribution in [0.2, 0.25) is 0 Å². The van der Waals surface area contributed by atoms with Crippen molar-refractivity contribution in [2.75, 3.05) is 23.3 Å². The summed E-state index contributed by atoms with van der Waals surface area (Å²) in [5, 5.41) is 13.5. The first kappa shape index (κ1) is 16.3. The van der Waals surface area contributed by atoms with E-state index in [4.69, 9.17) is 0 Å². The van der Waals surface area contributed by atoms with E-state index in [9.17, 15) is 9.90 Å². The van der Waals surface area contributed by atoms with E-state index in [2.05, 4.69) is 22.3 Å². The molecule has 23 heavy (non-hydrogen) atoms. The number of amides is 1. The summed E-state index contributed by atoms with van der Waals surface area (Å²) in [6.07, 6.45) is 7.43. The average molecular weight is 316 g/mol. The van der Waals surface area contributed by atoms with Gasteiger partial charge in [-0.05, 0) is 56.4 Å². The molecule has 1 aromatic carbocycles. The molecule has 1 heterocycles. The van der Waals surface area contributed by atoms with Crippen molar-refractivity contribution < 1.29 is 9.90 Å². The maximum Gasteiger partial charge on any atom is 0.227 e. The molecule has 126 valence electrons. The molecule has 4 nitrogen and oxygen atoms in total. The van der Waals surface area contributed by atoms with Crippen LogP contribution in [-0.4, -0.2) is 29.7 Å². The number of hydrogen-bond donors (Lipinski definition) is 2. The van der Waals surface area contributed by atoms with E-state index in [1.165, 1.54) is 24.9 Å². The fraction of sp³-hybridized carbons (Fsp3) is 0.632. The summed E-state index contributed by atoms with van der Waals surface area (Å²) < 4.78 is 0. The first-order valence-electron chi connectivity index (χ1n) is 8.94. The Labute approximate surface area is 138 Å². The van der Waals surface area contributed by atoms with Crippen molar-refractivity contribution in [3.8, 4) is 0 Å². The lowest BCUT2D eigenvalue weighted by Gasteiger charge is -2.31. The lowest BCUT2D eigenvalue weighted by Crippen LogP contribution is -2.36. The lowest BCUT2D eigenvalue weighted by molar-refractivity contribution is -0.122. The van der Waals surface area contributed by atoms with Crippen LogP contribution in [-0.2, 0) is 4.79 Å². The van der Waals surface area contributed by atoms with E-state index in [1.807, 2.05) is 13.0 Å². The fourth-order valence-corrected chi connectivity index (χ4v) is 3.84. The molecule has 1 saturated carbocycles. The Kier molecular flexibility index (Phi) is 4.90. The molecule has 3 rings (SSSR count). The van der Waals surface area contributed by atoms with Gasteiger partial charge in [0.25, 0.3) is 0 Å². The number of benzene rings is 1. The van der Waals surface area contributed by atoms with Crippen LogP contribution in [0.15, 0.2) is 18.2 Å². The second-order valence-electron chi connectivity index (χ2n) is 7.20. The topological polar surface area (TPSA) is 52.6 Å². The smallest absolute Gasteiger partial charge is 0.227 e. The third-order valence-electron chi connectivity index (χ3n) is 5.23. The first-order chi connectivity index (χ1) is 11.1. The molecule has 2 fully saturated rings. The summed E-state index contributed by atoms with van der Waals surface area (Å²) in [4.78, 5) is 14.7. The van der Waals surface area contributed by atoms with Crippen LogP contribution in [0.4, 0.5) is 11.4 Å². The lowest BCUT2D eigenvalue weighted by atomic mass is 9.82. The van der Waals surface area contributed by atoms with Gasteiger partial charge < -0.3 is 15.3 Å². The summed E-state index contributed by atoms with van der Waals surface area (Å²) in [5.41, 5.74) is 2.38. The van der Waals surface area contributed by atoms with Gasteiger partial charge in [-0.25, -0.2) is 0 Å². The minimum atomic E-state index is -0.800. The summed E-state index contributed by atoms with van der Waals surface area (Å²) in [6, 6.07) is 6.23. The van der Waals surface area contributed by atoms with E-state index >= 15 is 0 Å². The zero-order valence-corrected chi connectivity index (χ0v) is 14.1. The Morgan fingerprint density at radius 2 is 1.87 bits per heavy atom. The molecule has 1 aliphatic heterocycles. The first-order valence-corrected chi connectivity index (χ1v) is 8.94. The predicted molar refractivity (Wildman–Crippen MR) is 93.9 cm³/mol. The molecule has 2 N–H and O–H groups in total. The van der Waals surface area contributed by atoms with E-state index in [-0.39, 0.29) is 12.3 Å². The molecule has 0 bridgehead atoms. The quantitative estimate of drug-likeness (QED) is 0.892. The standard InChI is InChI=1S/C19H28N2O2/c1-15-13-16(21-11-5-6-12-21)7-8-17(15)20-18(22)14-19(23)9-3-2-4-10-19/h7-8,13,23H,2-6,9-12,14H2,1H3,(H,20,22). The number of aryl methyl sites for hydroxylation is 1. The van der Waals surface area contributed by atoms with Gasteiger partial charge in [0, 0.05) is 24.5 Å². The molecule has 1 saturated heterocycles. The average Bonchev–Trinajstić information content (AvgIpc) is 3.04. The van der Waals surface area contributed by atoms with Gasteiger partial charge in [-0.15, -0.1) is 0 Å². The number of nitrogens with zero attached hydrogens (tertiary/aromatic N) is 1. The molecular formula is C19H28N2O2.